The summed E-state index contributed by atoms with van der Waals surface area (Å²) in [5, 5.41) is 14.9. The van der Waals surface area contributed by atoms with Gasteiger partial charge in [-0.15, -0.1) is 0 Å². The van der Waals surface area contributed by atoms with E-state index in [9.17, 15) is 14.4 Å². The number of benzene rings is 2. The average Bonchev–Trinajstić information content (AvgIpc) is 2.45. The van der Waals surface area contributed by atoms with E-state index in [0.29, 0.717) is 11.4 Å². The van der Waals surface area contributed by atoms with Gasteiger partial charge in [0.15, 0.2) is 0 Å². The number of anilines is 2. The summed E-state index contributed by atoms with van der Waals surface area (Å²) in [5.41, 5.74) is 1.93. The SMILES string of the molecule is CC(=O)Nc1ccc(C(C#N)Nc2cccc(F)c2)cc1. The van der Waals surface area contributed by atoms with Gasteiger partial charge in [-0.2, -0.15) is 5.26 Å². The smallest absolute Gasteiger partial charge is 0.221 e. The van der Waals surface area contributed by atoms with E-state index in [4.69, 9.17) is 0 Å². The molecule has 0 spiro atoms. The molecule has 106 valence electrons. The number of hydrogen-bond donors (Lipinski definition) is 2. The highest BCUT2D eigenvalue weighted by Crippen LogP contribution is 2.21. The predicted octanol–water partition coefficient (Wildman–Crippen LogP) is 3.46. The van der Waals surface area contributed by atoms with E-state index in [-0.39, 0.29) is 11.7 Å². The zero-order chi connectivity index (χ0) is 15.2. The molecule has 5 heteroatoms. The highest BCUT2D eigenvalue weighted by Gasteiger charge is 2.10. The molecule has 2 aromatic rings. The number of nitriles is 1. The van der Waals surface area contributed by atoms with Gasteiger partial charge in [-0.3, -0.25) is 4.79 Å². The van der Waals surface area contributed by atoms with Gasteiger partial charge in [-0.1, -0.05) is 18.2 Å². The number of rotatable bonds is 4. The van der Waals surface area contributed by atoms with E-state index < -0.39 is 6.04 Å². The van der Waals surface area contributed by atoms with Crippen molar-refractivity contribution in [2.24, 2.45) is 0 Å². The third-order valence-corrected chi connectivity index (χ3v) is 2.83. The van der Waals surface area contributed by atoms with Gasteiger partial charge < -0.3 is 10.6 Å². The minimum Gasteiger partial charge on any atom is -0.366 e. The van der Waals surface area contributed by atoms with E-state index in [0.717, 1.165) is 5.56 Å². The Labute approximate surface area is 122 Å². The van der Waals surface area contributed by atoms with Crippen LogP contribution in [0.1, 0.15) is 18.5 Å². The van der Waals surface area contributed by atoms with Crippen molar-refractivity contribution in [2.45, 2.75) is 13.0 Å². The second-order valence-electron chi connectivity index (χ2n) is 4.52. The highest BCUT2D eigenvalue weighted by molar-refractivity contribution is 5.88. The molecule has 0 aliphatic heterocycles. The van der Waals surface area contributed by atoms with Gasteiger partial charge in [0.05, 0.1) is 6.07 Å². The molecule has 0 bridgehead atoms. The van der Waals surface area contributed by atoms with Gasteiger partial charge in [0.1, 0.15) is 11.9 Å². The summed E-state index contributed by atoms with van der Waals surface area (Å²) in [7, 11) is 0. The number of halogens is 1. The molecule has 0 saturated carbocycles. The fourth-order valence-corrected chi connectivity index (χ4v) is 1.90. The van der Waals surface area contributed by atoms with Gasteiger partial charge >= 0.3 is 0 Å². The quantitative estimate of drug-likeness (QED) is 0.903. The minimum atomic E-state index is -0.599. The van der Waals surface area contributed by atoms with Crippen molar-refractivity contribution in [1.82, 2.24) is 0 Å². The average molecular weight is 283 g/mol. The summed E-state index contributed by atoms with van der Waals surface area (Å²) in [6.07, 6.45) is 0. The first kappa shape index (κ1) is 14.5. The maximum atomic E-state index is 13.1. The molecule has 2 aromatic carbocycles. The van der Waals surface area contributed by atoms with Crippen LogP contribution in [0.3, 0.4) is 0 Å². The molecule has 0 radical (unpaired) electrons. The summed E-state index contributed by atoms with van der Waals surface area (Å²) < 4.78 is 13.1. The van der Waals surface area contributed by atoms with Crippen molar-refractivity contribution in [3.8, 4) is 6.07 Å². The Morgan fingerprint density at radius 1 is 1.19 bits per heavy atom. The molecule has 0 aromatic heterocycles. The Morgan fingerprint density at radius 2 is 1.90 bits per heavy atom. The van der Waals surface area contributed by atoms with Gasteiger partial charge in [-0.25, -0.2) is 4.39 Å². The van der Waals surface area contributed by atoms with Crippen molar-refractivity contribution in [2.75, 3.05) is 10.6 Å². The molecule has 1 amide bonds. The van der Waals surface area contributed by atoms with Crippen LogP contribution in [0.4, 0.5) is 15.8 Å². The number of nitrogens with zero attached hydrogens (tertiary/aromatic N) is 1. The Bertz CT molecular complexity index is 677. The summed E-state index contributed by atoms with van der Waals surface area (Å²) >= 11 is 0. The lowest BCUT2D eigenvalue weighted by molar-refractivity contribution is -0.114. The maximum absolute atomic E-state index is 13.1. The van der Waals surface area contributed by atoms with E-state index in [2.05, 4.69) is 16.7 Å². The molecule has 0 aliphatic rings. The van der Waals surface area contributed by atoms with Gasteiger partial charge in [0.2, 0.25) is 5.91 Å². The van der Waals surface area contributed by atoms with Crippen LogP contribution in [0.15, 0.2) is 48.5 Å². The van der Waals surface area contributed by atoms with Crippen LogP contribution in [-0.2, 0) is 4.79 Å². The largest absolute Gasteiger partial charge is 0.366 e. The Hall–Kier alpha value is -2.87. The molecule has 2 rings (SSSR count). The van der Waals surface area contributed by atoms with Crippen molar-refractivity contribution in [1.29, 1.82) is 5.26 Å². The molecule has 2 N–H and O–H groups in total. The molecule has 0 heterocycles. The van der Waals surface area contributed by atoms with E-state index in [1.54, 1.807) is 36.4 Å². The number of hydrogen-bond acceptors (Lipinski definition) is 3. The highest BCUT2D eigenvalue weighted by atomic mass is 19.1. The molecule has 1 unspecified atom stereocenters. The van der Waals surface area contributed by atoms with Crippen LogP contribution in [-0.4, -0.2) is 5.91 Å². The number of carbonyl (C=O) groups excluding carboxylic acids is 1. The van der Waals surface area contributed by atoms with E-state index in [1.165, 1.54) is 19.1 Å². The lowest BCUT2D eigenvalue weighted by Gasteiger charge is -2.14. The fourth-order valence-electron chi connectivity index (χ4n) is 1.90. The zero-order valence-electron chi connectivity index (χ0n) is 11.4. The van der Waals surface area contributed by atoms with Gasteiger partial charge in [-0.05, 0) is 35.9 Å². The van der Waals surface area contributed by atoms with Gasteiger partial charge in [0.25, 0.3) is 0 Å². The number of nitrogens with one attached hydrogen (secondary N) is 2. The minimum absolute atomic E-state index is 0.155. The molecule has 1 atom stereocenters. The first-order valence-corrected chi connectivity index (χ1v) is 6.38. The molecule has 0 fully saturated rings. The predicted molar refractivity (Wildman–Crippen MR) is 79.1 cm³/mol. The maximum Gasteiger partial charge on any atom is 0.221 e. The lowest BCUT2D eigenvalue weighted by Crippen LogP contribution is -2.09. The fraction of sp³-hybridized carbons (Fsp3) is 0.125. The molecular weight excluding hydrogens is 269 g/mol. The van der Waals surface area contributed by atoms with Crippen LogP contribution in [0.2, 0.25) is 0 Å². The molecule has 0 saturated heterocycles. The monoisotopic (exact) mass is 283 g/mol. The topological polar surface area (TPSA) is 64.9 Å². The van der Waals surface area contributed by atoms with E-state index in [1.807, 2.05) is 0 Å². The first-order chi connectivity index (χ1) is 10.1. The number of carbonyl (C=O) groups is 1. The van der Waals surface area contributed by atoms with Gasteiger partial charge in [0, 0.05) is 18.3 Å². The van der Waals surface area contributed by atoms with E-state index >= 15 is 0 Å². The van der Waals surface area contributed by atoms with Crippen LogP contribution in [0, 0.1) is 17.1 Å². The van der Waals surface area contributed by atoms with Crippen molar-refractivity contribution in [3.63, 3.8) is 0 Å². The molecular formula is C16H14FN3O. The third kappa shape index (κ3) is 4.05. The lowest BCUT2D eigenvalue weighted by atomic mass is 10.1. The standard InChI is InChI=1S/C16H14FN3O/c1-11(21)19-14-7-5-12(6-8-14)16(10-18)20-15-4-2-3-13(17)9-15/h2-9,16,20H,1H3,(H,19,21). The Morgan fingerprint density at radius 3 is 2.48 bits per heavy atom. The summed E-state index contributed by atoms with van der Waals surface area (Å²) in [6, 6.07) is 14.4. The van der Waals surface area contributed by atoms with Crippen molar-refractivity contribution in [3.05, 3.63) is 59.9 Å². The Balaban J connectivity index is 2.14. The van der Waals surface area contributed by atoms with Crippen molar-refractivity contribution < 1.29 is 9.18 Å². The molecule has 21 heavy (non-hydrogen) atoms. The molecule has 0 aliphatic carbocycles. The van der Waals surface area contributed by atoms with Crippen LogP contribution >= 0.6 is 0 Å². The molecule has 4 nitrogen and oxygen atoms in total. The third-order valence-electron chi connectivity index (χ3n) is 2.83. The summed E-state index contributed by atoms with van der Waals surface area (Å²) in [6.45, 7) is 1.43. The first-order valence-electron chi connectivity index (χ1n) is 6.38. The Kier molecular flexibility index (Phi) is 4.52. The second kappa shape index (κ2) is 6.53. The van der Waals surface area contributed by atoms with Crippen molar-refractivity contribution >= 4 is 17.3 Å². The second-order valence-corrected chi connectivity index (χ2v) is 4.52. The summed E-state index contributed by atoms with van der Waals surface area (Å²) in [5.74, 6) is -0.518. The summed E-state index contributed by atoms with van der Waals surface area (Å²) in [4.78, 5) is 10.9. The van der Waals surface area contributed by atoms with Crippen LogP contribution < -0.4 is 10.6 Å². The number of amides is 1. The normalized spacial score (nSPS) is 11.3. The van der Waals surface area contributed by atoms with Crippen LogP contribution in [0.25, 0.3) is 0 Å². The zero-order valence-corrected chi connectivity index (χ0v) is 11.4. The van der Waals surface area contributed by atoms with Crippen LogP contribution in [0.5, 0.6) is 0 Å².